The van der Waals surface area contributed by atoms with Crippen molar-refractivity contribution >= 4 is 29.4 Å². The molecule has 2 aromatic heterocycles. The lowest BCUT2D eigenvalue weighted by Gasteiger charge is -2.30. The largest absolute Gasteiger partial charge is 0.484 e. The summed E-state index contributed by atoms with van der Waals surface area (Å²) in [5, 5.41) is 18.2. The predicted octanol–water partition coefficient (Wildman–Crippen LogP) is 3.91. The second-order valence-corrected chi connectivity index (χ2v) is 9.67. The minimum Gasteiger partial charge on any atom is -0.484 e. The third-order valence-corrected chi connectivity index (χ3v) is 6.32. The molecule has 2 amide bonds. The number of halogens is 5. The average molecular weight is 581 g/mol. The summed E-state index contributed by atoms with van der Waals surface area (Å²) in [6.07, 6.45) is -2.94. The highest BCUT2D eigenvalue weighted by molar-refractivity contribution is 7.99. The molecule has 3 aromatic rings. The van der Waals surface area contributed by atoms with Gasteiger partial charge in [0.2, 0.25) is 5.91 Å². The first-order valence-electron chi connectivity index (χ1n) is 11.6. The van der Waals surface area contributed by atoms with Gasteiger partial charge in [0.15, 0.2) is 18.2 Å². The van der Waals surface area contributed by atoms with E-state index in [0.29, 0.717) is 0 Å². The van der Waals surface area contributed by atoms with Gasteiger partial charge in [0, 0.05) is 19.0 Å². The topological polar surface area (TPSA) is 122 Å². The van der Waals surface area contributed by atoms with Crippen molar-refractivity contribution in [2.45, 2.75) is 31.0 Å². The molecule has 1 aromatic carbocycles. The number of thioether (sulfide) groups is 1. The number of nitrogens with one attached hydrogen (secondary N) is 2. The summed E-state index contributed by atoms with van der Waals surface area (Å²) >= 11 is 1.23. The molecule has 4 rings (SSSR count). The second-order valence-electron chi connectivity index (χ2n) is 8.80. The van der Waals surface area contributed by atoms with E-state index >= 15 is 8.78 Å². The lowest BCUT2D eigenvalue weighted by atomic mass is 9.93. The Kier molecular flexibility index (Phi) is 8.29. The summed E-state index contributed by atoms with van der Waals surface area (Å²) in [6, 6.07) is 8.00. The van der Waals surface area contributed by atoms with Crippen LogP contribution in [-0.2, 0) is 17.6 Å². The van der Waals surface area contributed by atoms with Crippen molar-refractivity contribution in [1.82, 2.24) is 20.1 Å². The van der Waals surface area contributed by atoms with Crippen LogP contribution in [0.5, 0.6) is 5.75 Å². The van der Waals surface area contributed by atoms with Crippen molar-refractivity contribution in [3.63, 3.8) is 0 Å². The van der Waals surface area contributed by atoms with Crippen LogP contribution < -0.4 is 15.4 Å². The van der Waals surface area contributed by atoms with E-state index in [2.05, 4.69) is 25.5 Å². The van der Waals surface area contributed by atoms with Crippen molar-refractivity contribution in [2.24, 2.45) is 0 Å². The van der Waals surface area contributed by atoms with Gasteiger partial charge in [-0.1, -0.05) is 12.1 Å². The van der Waals surface area contributed by atoms with Gasteiger partial charge in [-0.3, -0.25) is 9.59 Å². The van der Waals surface area contributed by atoms with E-state index < -0.39 is 49.4 Å². The number of hydrogen-bond donors (Lipinski definition) is 2. The average Bonchev–Trinajstić information content (AvgIpc) is 3.26. The molecule has 0 radical (unpaired) electrons. The van der Waals surface area contributed by atoms with E-state index in [1.807, 2.05) is 6.07 Å². The van der Waals surface area contributed by atoms with E-state index in [4.69, 9.17) is 5.26 Å². The molecule has 2 N–H and O–H groups in total. The van der Waals surface area contributed by atoms with Crippen molar-refractivity contribution < 1.29 is 36.3 Å². The molecule has 15 heteroatoms. The number of carbonyl (C=O) groups is 2. The number of anilines is 1. The fraction of sp³-hybridized carbons (Fsp3) is 0.320. The second kappa shape index (κ2) is 11.5. The lowest BCUT2D eigenvalue weighted by Crippen LogP contribution is -2.53. The molecular weight excluding hydrogens is 559 g/mol. The highest BCUT2D eigenvalue weighted by atomic mass is 32.2. The van der Waals surface area contributed by atoms with Gasteiger partial charge in [0.1, 0.15) is 17.4 Å². The first-order valence-corrected chi connectivity index (χ1v) is 13.0. The standard InChI is InChI=1S/C25H21F5N6O3S/c1-40-12-20(37)34-22-21-17(35-36(22)19-6-5-15(10-31)11-32-19)8-18(33-23(21)38)24(26,27)9-14-3-2-4-16(7-14)39-13-25(28,29)30/h2-7,11,18H,8-9,12-13H2,1H3,(H,33,38)(H,34,37). The Balaban J connectivity index is 1.62. The van der Waals surface area contributed by atoms with Crippen LogP contribution in [0.2, 0.25) is 0 Å². The van der Waals surface area contributed by atoms with E-state index in [1.54, 1.807) is 6.26 Å². The molecule has 0 saturated heterocycles. The number of pyridine rings is 1. The van der Waals surface area contributed by atoms with Crippen LogP contribution in [-0.4, -0.2) is 63.3 Å². The van der Waals surface area contributed by atoms with Crippen LogP contribution in [0.3, 0.4) is 0 Å². The molecular formula is C25H21F5N6O3S. The molecule has 1 unspecified atom stereocenters. The smallest absolute Gasteiger partial charge is 0.422 e. The third-order valence-electron chi connectivity index (χ3n) is 5.77. The van der Waals surface area contributed by atoms with E-state index in [1.165, 1.54) is 48.3 Å². The summed E-state index contributed by atoms with van der Waals surface area (Å²) in [5.74, 6) is -4.98. The van der Waals surface area contributed by atoms with Gasteiger partial charge in [-0.2, -0.15) is 40.0 Å². The maximum Gasteiger partial charge on any atom is 0.422 e. The van der Waals surface area contributed by atoms with Crippen LogP contribution in [0.25, 0.3) is 5.82 Å². The Bertz CT molecular complexity index is 1450. The number of amides is 2. The fourth-order valence-electron chi connectivity index (χ4n) is 4.04. The van der Waals surface area contributed by atoms with Gasteiger partial charge in [-0.25, -0.2) is 13.8 Å². The number of alkyl halides is 5. The number of fused-ring (bicyclic) bond motifs is 1. The Morgan fingerprint density at radius 3 is 2.70 bits per heavy atom. The maximum absolute atomic E-state index is 15.4. The maximum atomic E-state index is 15.4. The normalized spacial score (nSPS) is 15.1. The first kappa shape index (κ1) is 28.8. The number of hydrogen-bond acceptors (Lipinski definition) is 7. The van der Waals surface area contributed by atoms with Crippen LogP contribution in [0.4, 0.5) is 27.8 Å². The minimum absolute atomic E-state index is 0.00190. The molecule has 0 saturated carbocycles. The van der Waals surface area contributed by atoms with Crippen molar-refractivity contribution in [3.8, 4) is 17.6 Å². The predicted molar refractivity (Wildman–Crippen MR) is 135 cm³/mol. The molecule has 0 bridgehead atoms. The number of aromatic nitrogens is 3. The SMILES string of the molecule is CSCC(=O)Nc1c2c(nn1-c1ccc(C#N)cn1)CC(C(F)(F)Cc1cccc(OCC(F)(F)F)c1)NC2=O. The molecule has 1 aliphatic rings. The zero-order valence-corrected chi connectivity index (χ0v) is 21.6. The summed E-state index contributed by atoms with van der Waals surface area (Å²) in [5.41, 5.74) is 0.137. The van der Waals surface area contributed by atoms with E-state index in [-0.39, 0.29) is 45.5 Å². The molecule has 40 heavy (non-hydrogen) atoms. The molecule has 0 spiro atoms. The van der Waals surface area contributed by atoms with Crippen LogP contribution in [0.1, 0.15) is 27.2 Å². The molecule has 0 aliphatic carbocycles. The number of nitriles is 1. The number of nitrogens with zero attached hydrogens (tertiary/aromatic N) is 4. The quantitative estimate of drug-likeness (QED) is 0.368. The molecule has 1 atom stereocenters. The summed E-state index contributed by atoms with van der Waals surface area (Å²) < 4.78 is 74.0. The zero-order valence-electron chi connectivity index (χ0n) is 20.8. The van der Waals surface area contributed by atoms with E-state index in [9.17, 15) is 22.8 Å². The van der Waals surface area contributed by atoms with Crippen molar-refractivity contribution in [1.29, 1.82) is 5.26 Å². The number of ether oxygens (including phenoxy) is 1. The summed E-state index contributed by atoms with van der Waals surface area (Å²) in [4.78, 5) is 29.6. The van der Waals surface area contributed by atoms with Crippen LogP contribution in [0, 0.1) is 11.3 Å². The third kappa shape index (κ3) is 6.68. The van der Waals surface area contributed by atoms with Crippen molar-refractivity contribution in [3.05, 3.63) is 65.0 Å². The van der Waals surface area contributed by atoms with Crippen LogP contribution >= 0.6 is 11.8 Å². The Morgan fingerprint density at radius 2 is 2.05 bits per heavy atom. The minimum atomic E-state index is -4.59. The van der Waals surface area contributed by atoms with Gasteiger partial charge < -0.3 is 15.4 Å². The van der Waals surface area contributed by atoms with Crippen molar-refractivity contribution in [2.75, 3.05) is 23.9 Å². The van der Waals surface area contributed by atoms with Gasteiger partial charge in [-0.05, 0) is 36.1 Å². The highest BCUT2D eigenvalue weighted by Gasteiger charge is 2.46. The monoisotopic (exact) mass is 580 g/mol. The van der Waals surface area contributed by atoms with Gasteiger partial charge >= 0.3 is 6.18 Å². The molecule has 9 nitrogen and oxygen atoms in total. The molecule has 210 valence electrons. The number of rotatable bonds is 9. The van der Waals surface area contributed by atoms with Gasteiger partial charge in [0.25, 0.3) is 11.8 Å². The zero-order chi connectivity index (χ0) is 29.1. The Morgan fingerprint density at radius 1 is 1.27 bits per heavy atom. The fourth-order valence-corrected chi connectivity index (χ4v) is 4.37. The Hall–Kier alpha value is -4.19. The van der Waals surface area contributed by atoms with Crippen LogP contribution in [0.15, 0.2) is 42.6 Å². The van der Waals surface area contributed by atoms with Gasteiger partial charge in [0.05, 0.1) is 23.1 Å². The molecule has 1 aliphatic heterocycles. The highest BCUT2D eigenvalue weighted by Crippen LogP contribution is 2.34. The van der Waals surface area contributed by atoms with Gasteiger partial charge in [-0.15, -0.1) is 0 Å². The van der Waals surface area contributed by atoms with E-state index in [0.717, 1.165) is 10.7 Å². The summed E-state index contributed by atoms with van der Waals surface area (Å²) in [7, 11) is 0. The number of carbonyl (C=O) groups excluding carboxylic acids is 2. The lowest BCUT2D eigenvalue weighted by molar-refractivity contribution is -0.153. The Labute approximate surface area is 228 Å². The first-order chi connectivity index (χ1) is 18.9. The number of benzene rings is 1. The molecule has 0 fully saturated rings. The molecule has 3 heterocycles. The summed E-state index contributed by atoms with van der Waals surface area (Å²) in [6.45, 7) is -1.57.